The Morgan fingerprint density at radius 2 is 1.91 bits per heavy atom. The monoisotopic (exact) mass is 314 g/mol. The molecule has 0 aromatic carbocycles. The average molecular weight is 315 g/mol. The largest absolute Gasteiger partial charge is 0.295 e. The zero-order valence-corrected chi connectivity index (χ0v) is 15.5. The molecule has 7 atom stereocenters. The van der Waals surface area contributed by atoms with Crippen LogP contribution in [0.25, 0.3) is 0 Å². The third-order valence-electron chi connectivity index (χ3n) is 8.96. The molecule has 0 aromatic heterocycles. The van der Waals surface area contributed by atoms with Gasteiger partial charge in [-0.2, -0.15) is 0 Å². The van der Waals surface area contributed by atoms with E-state index in [1.807, 2.05) is 0 Å². The highest BCUT2D eigenvalue weighted by molar-refractivity contribution is 5.93. The molecule has 1 nitrogen and oxygen atoms in total. The van der Waals surface area contributed by atoms with Crippen molar-refractivity contribution < 1.29 is 4.79 Å². The maximum absolute atomic E-state index is 12.2. The molecule has 128 valence electrons. The fourth-order valence-corrected chi connectivity index (χ4v) is 7.68. The quantitative estimate of drug-likeness (QED) is 0.598. The molecule has 0 N–H and O–H groups in total. The predicted molar refractivity (Wildman–Crippen MR) is 95.0 cm³/mol. The van der Waals surface area contributed by atoms with Crippen molar-refractivity contribution in [1.29, 1.82) is 0 Å². The summed E-state index contributed by atoms with van der Waals surface area (Å²) in [5.74, 6) is 4.31. The van der Waals surface area contributed by atoms with E-state index >= 15 is 0 Å². The van der Waals surface area contributed by atoms with Crippen LogP contribution in [-0.4, -0.2) is 5.78 Å². The molecule has 0 aromatic rings. The Morgan fingerprint density at radius 1 is 1.13 bits per heavy atom. The van der Waals surface area contributed by atoms with Crippen LogP contribution in [0.5, 0.6) is 0 Å². The molecule has 0 saturated heterocycles. The zero-order chi connectivity index (χ0) is 16.4. The number of carbonyl (C=O) groups excluding carboxylic acids is 1. The summed E-state index contributed by atoms with van der Waals surface area (Å²) in [6.07, 6.45) is 12.9. The first-order valence-corrected chi connectivity index (χ1v) is 10.1. The Kier molecular flexibility index (Phi) is 3.60. The Balaban J connectivity index is 1.67. The lowest BCUT2D eigenvalue weighted by Crippen LogP contribution is -2.51. The van der Waals surface area contributed by atoms with Crippen molar-refractivity contribution in [1.82, 2.24) is 0 Å². The van der Waals surface area contributed by atoms with Gasteiger partial charge in [-0.1, -0.05) is 39.7 Å². The summed E-state index contributed by atoms with van der Waals surface area (Å²) in [4.78, 5) is 12.2. The van der Waals surface area contributed by atoms with E-state index in [-0.39, 0.29) is 5.92 Å². The SMILES string of the molecule is CC[C@H]1CC[C@H]2[C@@H]3CCC4=CC(=O)C(C)C[C@]4(C)[C@H]3CC[C@]12C. The molecule has 0 radical (unpaired) electrons. The lowest BCUT2D eigenvalue weighted by atomic mass is 9.46. The Labute approximate surface area is 142 Å². The van der Waals surface area contributed by atoms with E-state index in [1.165, 1.54) is 50.5 Å². The molecule has 0 aliphatic heterocycles. The van der Waals surface area contributed by atoms with Crippen molar-refractivity contribution in [2.75, 3.05) is 0 Å². The molecule has 0 bridgehead atoms. The summed E-state index contributed by atoms with van der Waals surface area (Å²) in [5, 5.41) is 0. The highest BCUT2D eigenvalue weighted by atomic mass is 16.1. The predicted octanol–water partition coefficient (Wildman–Crippen LogP) is 5.79. The summed E-state index contributed by atoms with van der Waals surface area (Å²) in [7, 11) is 0. The van der Waals surface area contributed by atoms with Gasteiger partial charge in [0.25, 0.3) is 0 Å². The van der Waals surface area contributed by atoms with Crippen molar-refractivity contribution in [3.63, 3.8) is 0 Å². The minimum absolute atomic E-state index is 0.239. The van der Waals surface area contributed by atoms with Crippen LogP contribution in [0.3, 0.4) is 0 Å². The summed E-state index contributed by atoms with van der Waals surface area (Å²) < 4.78 is 0. The van der Waals surface area contributed by atoms with E-state index in [2.05, 4.69) is 33.8 Å². The molecule has 1 heteroatoms. The first kappa shape index (κ1) is 15.9. The normalized spacial score (nSPS) is 52.4. The second-order valence-corrected chi connectivity index (χ2v) is 9.74. The number of hydrogen-bond donors (Lipinski definition) is 0. The molecule has 3 fully saturated rings. The van der Waals surface area contributed by atoms with Crippen LogP contribution >= 0.6 is 0 Å². The minimum Gasteiger partial charge on any atom is -0.295 e. The average Bonchev–Trinajstić information content (AvgIpc) is 2.85. The van der Waals surface area contributed by atoms with Crippen LogP contribution in [0.2, 0.25) is 0 Å². The van der Waals surface area contributed by atoms with E-state index in [9.17, 15) is 4.79 Å². The summed E-state index contributed by atoms with van der Waals surface area (Å²) in [5.41, 5.74) is 2.45. The highest BCUT2D eigenvalue weighted by Crippen LogP contribution is 2.67. The molecule has 23 heavy (non-hydrogen) atoms. The number of allylic oxidation sites excluding steroid dienone is 1. The van der Waals surface area contributed by atoms with Gasteiger partial charge in [-0.3, -0.25) is 4.79 Å². The zero-order valence-electron chi connectivity index (χ0n) is 15.5. The van der Waals surface area contributed by atoms with Crippen LogP contribution in [0.15, 0.2) is 11.6 Å². The van der Waals surface area contributed by atoms with Gasteiger partial charge in [-0.15, -0.1) is 0 Å². The first-order chi connectivity index (χ1) is 10.9. The van der Waals surface area contributed by atoms with Gasteiger partial charge < -0.3 is 0 Å². The van der Waals surface area contributed by atoms with Gasteiger partial charge in [0.15, 0.2) is 5.78 Å². The Morgan fingerprint density at radius 3 is 2.65 bits per heavy atom. The Hall–Kier alpha value is -0.590. The van der Waals surface area contributed by atoms with Gasteiger partial charge in [-0.05, 0) is 85.5 Å². The number of carbonyl (C=O) groups is 1. The van der Waals surface area contributed by atoms with Crippen LogP contribution in [0.1, 0.15) is 79.1 Å². The summed E-state index contributed by atoms with van der Waals surface area (Å²) >= 11 is 0. The fourth-order valence-electron chi connectivity index (χ4n) is 7.68. The topological polar surface area (TPSA) is 17.1 Å². The van der Waals surface area contributed by atoms with Gasteiger partial charge in [0, 0.05) is 5.92 Å². The number of hydrogen-bond acceptors (Lipinski definition) is 1. The van der Waals surface area contributed by atoms with Crippen molar-refractivity contribution in [2.45, 2.75) is 79.1 Å². The maximum atomic E-state index is 12.2. The first-order valence-electron chi connectivity index (χ1n) is 10.1. The van der Waals surface area contributed by atoms with Gasteiger partial charge >= 0.3 is 0 Å². The summed E-state index contributed by atoms with van der Waals surface area (Å²) in [6, 6.07) is 0. The third kappa shape index (κ3) is 2.07. The van der Waals surface area contributed by atoms with Gasteiger partial charge in [0.2, 0.25) is 0 Å². The van der Waals surface area contributed by atoms with Crippen molar-refractivity contribution >= 4 is 5.78 Å². The Bertz CT molecular complexity index is 546. The molecular weight excluding hydrogens is 280 g/mol. The van der Waals surface area contributed by atoms with E-state index in [0.717, 1.165) is 30.1 Å². The molecule has 0 amide bonds. The third-order valence-corrected chi connectivity index (χ3v) is 8.96. The van der Waals surface area contributed by atoms with Gasteiger partial charge in [-0.25, -0.2) is 0 Å². The molecule has 4 aliphatic rings. The molecule has 3 saturated carbocycles. The number of ketones is 1. The molecule has 4 rings (SSSR count). The van der Waals surface area contributed by atoms with E-state index in [4.69, 9.17) is 0 Å². The lowest BCUT2D eigenvalue weighted by Gasteiger charge is -2.58. The minimum atomic E-state index is 0.239. The maximum Gasteiger partial charge on any atom is 0.158 e. The smallest absolute Gasteiger partial charge is 0.158 e. The van der Waals surface area contributed by atoms with Crippen LogP contribution in [0.4, 0.5) is 0 Å². The molecular formula is C22H34O. The van der Waals surface area contributed by atoms with Crippen molar-refractivity contribution in [3.05, 3.63) is 11.6 Å². The van der Waals surface area contributed by atoms with E-state index in [1.54, 1.807) is 0 Å². The van der Waals surface area contributed by atoms with Crippen molar-refractivity contribution in [2.24, 2.45) is 40.4 Å². The second kappa shape index (κ2) is 5.20. The van der Waals surface area contributed by atoms with Gasteiger partial charge in [0.05, 0.1) is 0 Å². The number of rotatable bonds is 1. The van der Waals surface area contributed by atoms with Crippen LogP contribution in [0, 0.1) is 40.4 Å². The molecule has 1 unspecified atom stereocenters. The van der Waals surface area contributed by atoms with Crippen LogP contribution < -0.4 is 0 Å². The van der Waals surface area contributed by atoms with E-state index < -0.39 is 0 Å². The molecule has 4 aliphatic carbocycles. The van der Waals surface area contributed by atoms with Crippen LogP contribution in [-0.2, 0) is 4.79 Å². The summed E-state index contributed by atoms with van der Waals surface area (Å²) in [6.45, 7) is 9.69. The van der Waals surface area contributed by atoms with Gasteiger partial charge in [0.1, 0.15) is 0 Å². The van der Waals surface area contributed by atoms with Crippen molar-refractivity contribution in [3.8, 4) is 0 Å². The van der Waals surface area contributed by atoms with E-state index in [0.29, 0.717) is 16.6 Å². The standard InChI is InChI=1S/C22H34O/c1-5-15-7-9-18-17-8-6-16-12-20(23)14(2)13-22(16,4)19(17)10-11-21(15,18)3/h12,14-15,17-19H,5-11,13H2,1-4H3/t14?,15-,17-,18-,19-,21+,22-/m0/s1. The molecule has 0 heterocycles. The molecule has 0 spiro atoms. The fraction of sp³-hybridized carbons (Fsp3) is 0.864. The lowest BCUT2D eigenvalue weighted by molar-refractivity contribution is -0.121. The number of fused-ring (bicyclic) bond motifs is 5. The second-order valence-electron chi connectivity index (χ2n) is 9.74. The highest BCUT2D eigenvalue weighted by Gasteiger charge is 2.58.